The third-order valence-corrected chi connectivity index (χ3v) is 6.78. The number of carboxylic acid groups (broad SMARTS) is 2. The first-order chi connectivity index (χ1) is 16.1. The fraction of sp³-hybridized carbons (Fsp3) is 0.333. The van der Waals surface area contributed by atoms with E-state index in [4.69, 9.17) is 24.5 Å². The highest BCUT2D eigenvalue weighted by molar-refractivity contribution is 7.89. The molecule has 0 atom stereocenters. The Morgan fingerprint density at radius 2 is 1.56 bits per heavy atom. The van der Waals surface area contributed by atoms with Crippen molar-refractivity contribution in [3.8, 4) is 5.75 Å². The third-order valence-electron chi connectivity index (χ3n) is 4.83. The number of aliphatic carboxylic acids is 2. The zero-order valence-corrected chi connectivity index (χ0v) is 19.2. The van der Waals surface area contributed by atoms with Gasteiger partial charge in [-0.1, -0.05) is 24.3 Å². The van der Waals surface area contributed by atoms with Crippen molar-refractivity contribution in [2.75, 3.05) is 32.8 Å². The minimum Gasteiger partial charge on any atom is -0.494 e. The van der Waals surface area contributed by atoms with Crippen molar-refractivity contribution in [1.82, 2.24) is 9.21 Å². The van der Waals surface area contributed by atoms with Crippen LogP contribution in [0.2, 0.25) is 0 Å². The smallest absolute Gasteiger partial charge is 0.414 e. The van der Waals surface area contributed by atoms with Gasteiger partial charge in [0, 0.05) is 38.8 Å². The number of nitro benzene ring substituents is 1. The van der Waals surface area contributed by atoms with Gasteiger partial charge in [0.05, 0.1) is 11.5 Å². The van der Waals surface area contributed by atoms with Crippen molar-refractivity contribution in [3.63, 3.8) is 0 Å². The van der Waals surface area contributed by atoms with Crippen LogP contribution < -0.4 is 4.74 Å². The van der Waals surface area contributed by atoms with Crippen LogP contribution in [0.1, 0.15) is 12.5 Å². The van der Waals surface area contributed by atoms with E-state index in [2.05, 4.69) is 4.90 Å². The number of sulfonamides is 1. The monoisotopic (exact) mass is 495 g/mol. The lowest BCUT2D eigenvalue weighted by atomic mass is 10.2. The summed E-state index contributed by atoms with van der Waals surface area (Å²) in [5.41, 5.74) is 0.734. The molecule has 184 valence electrons. The Hall–Kier alpha value is -3.55. The molecule has 1 saturated heterocycles. The van der Waals surface area contributed by atoms with E-state index >= 15 is 0 Å². The molecule has 0 aromatic heterocycles. The molecule has 0 aliphatic carbocycles. The maximum Gasteiger partial charge on any atom is 0.414 e. The van der Waals surface area contributed by atoms with E-state index in [0.29, 0.717) is 39.3 Å². The number of piperazine rings is 1. The van der Waals surface area contributed by atoms with Crippen molar-refractivity contribution >= 4 is 27.6 Å². The molecule has 0 amide bonds. The highest BCUT2D eigenvalue weighted by Crippen LogP contribution is 2.27. The zero-order chi connectivity index (χ0) is 25.3. The Labute approximate surface area is 196 Å². The number of rotatable bonds is 7. The molecule has 0 radical (unpaired) electrons. The van der Waals surface area contributed by atoms with Gasteiger partial charge < -0.3 is 14.9 Å². The predicted octanol–water partition coefficient (Wildman–Crippen LogP) is 1.66. The van der Waals surface area contributed by atoms with Crippen molar-refractivity contribution in [3.05, 3.63) is 64.2 Å². The topological polar surface area (TPSA) is 168 Å². The summed E-state index contributed by atoms with van der Waals surface area (Å²) in [7, 11) is -3.90. The van der Waals surface area contributed by atoms with Crippen LogP contribution in [-0.4, -0.2) is 77.5 Å². The standard InChI is InChI=1S/C19H23N3O5S.C2H2O4/c1-2-27-17-9-7-16(8-10-17)15-20-11-13-21(14-12-20)28(25,26)19-6-4-3-5-18(19)22(23)24;3-1(4)2(5)6/h3-10H,2,11-15H2,1H3;(H,3,4)(H,5,6). The Morgan fingerprint density at radius 1 is 1.00 bits per heavy atom. The summed E-state index contributed by atoms with van der Waals surface area (Å²) in [5, 5.41) is 26.0. The van der Waals surface area contributed by atoms with E-state index in [1.165, 1.54) is 28.6 Å². The normalized spacial score (nSPS) is 14.5. The highest BCUT2D eigenvalue weighted by Gasteiger charge is 2.33. The summed E-state index contributed by atoms with van der Waals surface area (Å²) in [4.78, 5) is 30.6. The first kappa shape index (κ1) is 26.7. The van der Waals surface area contributed by atoms with Gasteiger partial charge in [0.15, 0.2) is 4.90 Å². The van der Waals surface area contributed by atoms with Gasteiger partial charge in [0.1, 0.15) is 5.75 Å². The lowest BCUT2D eigenvalue weighted by Crippen LogP contribution is -2.48. The number of nitro groups is 1. The summed E-state index contributed by atoms with van der Waals surface area (Å²) in [6.07, 6.45) is 0. The van der Waals surface area contributed by atoms with E-state index in [1.54, 1.807) is 0 Å². The maximum atomic E-state index is 12.9. The van der Waals surface area contributed by atoms with Crippen molar-refractivity contribution in [2.45, 2.75) is 18.4 Å². The third kappa shape index (κ3) is 7.23. The number of benzene rings is 2. The molecule has 34 heavy (non-hydrogen) atoms. The quantitative estimate of drug-likeness (QED) is 0.327. The number of nitrogens with zero attached hydrogens (tertiary/aromatic N) is 3. The van der Waals surface area contributed by atoms with Gasteiger partial charge in [0.2, 0.25) is 10.0 Å². The maximum absolute atomic E-state index is 12.9. The summed E-state index contributed by atoms with van der Waals surface area (Å²) >= 11 is 0. The molecule has 0 saturated carbocycles. The van der Waals surface area contributed by atoms with Crippen molar-refractivity contribution in [2.24, 2.45) is 0 Å². The van der Waals surface area contributed by atoms with Crippen LogP contribution in [-0.2, 0) is 26.2 Å². The lowest BCUT2D eigenvalue weighted by Gasteiger charge is -2.33. The molecule has 0 unspecified atom stereocenters. The van der Waals surface area contributed by atoms with E-state index < -0.39 is 26.9 Å². The molecule has 2 aromatic carbocycles. The molecular formula is C21H25N3O9S. The van der Waals surface area contributed by atoms with E-state index in [-0.39, 0.29) is 10.6 Å². The minimum absolute atomic E-state index is 0.250. The first-order valence-corrected chi connectivity index (χ1v) is 11.6. The Balaban J connectivity index is 0.000000604. The molecule has 2 N–H and O–H groups in total. The fourth-order valence-corrected chi connectivity index (χ4v) is 4.79. The zero-order valence-electron chi connectivity index (χ0n) is 18.4. The van der Waals surface area contributed by atoms with Gasteiger partial charge in [-0.3, -0.25) is 15.0 Å². The van der Waals surface area contributed by atoms with Crippen LogP contribution >= 0.6 is 0 Å². The van der Waals surface area contributed by atoms with Crippen molar-refractivity contribution in [1.29, 1.82) is 0 Å². The predicted molar refractivity (Wildman–Crippen MR) is 120 cm³/mol. The second-order valence-corrected chi connectivity index (χ2v) is 9.00. The SMILES string of the molecule is CCOc1ccc(CN2CCN(S(=O)(=O)c3ccccc3[N+](=O)[O-])CC2)cc1.O=C(O)C(=O)O. The van der Waals surface area contributed by atoms with Crippen LogP contribution in [0.15, 0.2) is 53.4 Å². The average molecular weight is 496 g/mol. The molecule has 1 heterocycles. The summed E-state index contributed by atoms with van der Waals surface area (Å²) in [6.45, 7) is 4.99. The van der Waals surface area contributed by atoms with Crippen LogP contribution in [0.5, 0.6) is 5.75 Å². The summed E-state index contributed by atoms with van der Waals surface area (Å²) < 4.78 is 32.5. The highest BCUT2D eigenvalue weighted by atomic mass is 32.2. The molecule has 13 heteroatoms. The lowest BCUT2D eigenvalue weighted by molar-refractivity contribution is -0.387. The summed E-state index contributed by atoms with van der Waals surface area (Å²) in [5.74, 6) is -2.82. The van der Waals surface area contributed by atoms with E-state index in [1.807, 2.05) is 31.2 Å². The number of ether oxygens (including phenoxy) is 1. The van der Waals surface area contributed by atoms with Crippen LogP contribution in [0.4, 0.5) is 5.69 Å². The van der Waals surface area contributed by atoms with Gasteiger partial charge >= 0.3 is 11.9 Å². The Kier molecular flexibility index (Phi) is 9.47. The average Bonchev–Trinajstić information content (AvgIpc) is 2.81. The van der Waals surface area contributed by atoms with E-state index in [0.717, 1.165) is 11.3 Å². The Bertz CT molecular complexity index is 1100. The van der Waals surface area contributed by atoms with Crippen LogP contribution in [0.3, 0.4) is 0 Å². The van der Waals surface area contributed by atoms with E-state index in [9.17, 15) is 18.5 Å². The molecule has 0 bridgehead atoms. The number of hydrogen-bond acceptors (Lipinski definition) is 8. The summed E-state index contributed by atoms with van der Waals surface area (Å²) in [6, 6.07) is 13.3. The van der Waals surface area contributed by atoms with Crippen LogP contribution in [0, 0.1) is 10.1 Å². The second-order valence-electron chi connectivity index (χ2n) is 7.09. The number of carbonyl (C=O) groups is 2. The molecule has 0 spiro atoms. The largest absolute Gasteiger partial charge is 0.494 e. The molecule has 2 aromatic rings. The molecule has 1 aliphatic heterocycles. The fourth-order valence-electron chi connectivity index (χ4n) is 3.21. The molecule has 1 fully saturated rings. The van der Waals surface area contributed by atoms with Crippen molar-refractivity contribution < 1.29 is 37.9 Å². The van der Waals surface area contributed by atoms with Gasteiger partial charge in [-0.05, 0) is 30.7 Å². The number of carboxylic acids is 2. The van der Waals surface area contributed by atoms with Gasteiger partial charge in [-0.2, -0.15) is 4.31 Å². The molecule has 12 nitrogen and oxygen atoms in total. The van der Waals surface area contributed by atoms with Gasteiger partial charge in [-0.15, -0.1) is 0 Å². The number of hydrogen-bond donors (Lipinski definition) is 2. The van der Waals surface area contributed by atoms with Gasteiger partial charge in [-0.25, -0.2) is 18.0 Å². The van der Waals surface area contributed by atoms with Gasteiger partial charge in [0.25, 0.3) is 5.69 Å². The second kappa shape index (κ2) is 12.1. The minimum atomic E-state index is -3.90. The Morgan fingerprint density at radius 3 is 2.06 bits per heavy atom. The molecule has 1 aliphatic rings. The number of para-hydroxylation sites is 1. The van der Waals surface area contributed by atoms with Crippen LogP contribution in [0.25, 0.3) is 0 Å². The molecule has 3 rings (SSSR count). The first-order valence-electron chi connectivity index (χ1n) is 10.2. The molecular weight excluding hydrogens is 470 g/mol.